The van der Waals surface area contributed by atoms with Crippen LogP contribution in [0.1, 0.15) is 43.1 Å². The number of nitrogens with zero attached hydrogens (tertiary/aromatic N) is 2. The Bertz CT molecular complexity index is 984. The molecule has 0 fully saturated rings. The number of urea groups is 1. The summed E-state index contributed by atoms with van der Waals surface area (Å²) in [5.41, 5.74) is 4.35. The number of nitrogens with one attached hydrogen (secondary N) is 2. The molecule has 0 spiro atoms. The van der Waals surface area contributed by atoms with Crippen LogP contribution in [0.4, 0.5) is 10.5 Å². The Kier molecular flexibility index (Phi) is 6.49. The largest absolute Gasteiger partial charge is 0.481 e. The molecule has 0 aliphatic rings. The van der Waals surface area contributed by atoms with Gasteiger partial charge in [-0.3, -0.25) is 0 Å². The predicted octanol–water partition coefficient (Wildman–Crippen LogP) is 4.89. The highest BCUT2D eigenvalue weighted by atomic mass is 16.5. The Balaban J connectivity index is 1.63. The molecule has 0 saturated carbocycles. The lowest BCUT2D eigenvalue weighted by atomic mass is 9.97. The fourth-order valence-electron chi connectivity index (χ4n) is 2.92. The first-order valence-corrected chi connectivity index (χ1v) is 9.62. The molecule has 0 bridgehead atoms. The van der Waals surface area contributed by atoms with Crippen LogP contribution in [0.25, 0.3) is 11.3 Å². The molecule has 2 N–H and O–H groups in total. The van der Waals surface area contributed by atoms with Crippen molar-refractivity contribution < 1.29 is 14.1 Å². The number of anilines is 1. The lowest BCUT2D eigenvalue weighted by Gasteiger charge is -2.14. The average molecular weight is 394 g/mol. The van der Waals surface area contributed by atoms with E-state index in [1.807, 2.05) is 25.1 Å². The standard InChI is InChI=1S/C22H26N4O3/c1-5-14(2)16-9-8-15(3)19(11-16)25-22(27)24-13-17-12-20(26-29-17)18-7-6-10-23-21(18)28-4/h6-12,14H,5,13H2,1-4H3,(H2,24,25,27). The first-order valence-electron chi connectivity index (χ1n) is 9.62. The quantitative estimate of drug-likeness (QED) is 0.596. The molecule has 7 nitrogen and oxygen atoms in total. The number of aryl methyl sites for hydroxylation is 1. The summed E-state index contributed by atoms with van der Waals surface area (Å²) in [6.07, 6.45) is 2.69. The number of aromatic nitrogens is 2. The maximum atomic E-state index is 12.4. The van der Waals surface area contributed by atoms with Crippen LogP contribution < -0.4 is 15.4 Å². The van der Waals surface area contributed by atoms with E-state index in [4.69, 9.17) is 9.26 Å². The fraction of sp³-hybridized carbons (Fsp3) is 0.318. The zero-order valence-corrected chi connectivity index (χ0v) is 17.2. The van der Waals surface area contributed by atoms with E-state index >= 15 is 0 Å². The second kappa shape index (κ2) is 9.23. The monoisotopic (exact) mass is 394 g/mol. The van der Waals surface area contributed by atoms with Crippen molar-refractivity contribution in [3.63, 3.8) is 0 Å². The molecule has 1 unspecified atom stereocenters. The van der Waals surface area contributed by atoms with Crippen molar-refractivity contribution in [3.8, 4) is 17.1 Å². The average Bonchev–Trinajstić information content (AvgIpc) is 3.22. The van der Waals surface area contributed by atoms with Gasteiger partial charge in [-0.15, -0.1) is 0 Å². The van der Waals surface area contributed by atoms with Gasteiger partial charge in [0.1, 0.15) is 5.69 Å². The van der Waals surface area contributed by atoms with Gasteiger partial charge in [-0.05, 0) is 48.6 Å². The summed E-state index contributed by atoms with van der Waals surface area (Å²) in [7, 11) is 1.55. The summed E-state index contributed by atoms with van der Waals surface area (Å²) in [5.74, 6) is 1.44. The third-order valence-corrected chi connectivity index (χ3v) is 4.91. The van der Waals surface area contributed by atoms with E-state index in [1.165, 1.54) is 5.56 Å². The highest BCUT2D eigenvalue weighted by molar-refractivity contribution is 5.90. The van der Waals surface area contributed by atoms with E-state index < -0.39 is 0 Å². The van der Waals surface area contributed by atoms with Gasteiger partial charge in [0.15, 0.2) is 5.76 Å². The molecule has 2 aromatic heterocycles. The molecule has 3 aromatic rings. The van der Waals surface area contributed by atoms with E-state index in [0.29, 0.717) is 23.3 Å². The molecule has 0 aliphatic heterocycles. The lowest BCUT2D eigenvalue weighted by Crippen LogP contribution is -2.28. The summed E-state index contributed by atoms with van der Waals surface area (Å²) < 4.78 is 10.6. The first-order chi connectivity index (χ1) is 14.0. The zero-order chi connectivity index (χ0) is 20.8. The molecular formula is C22H26N4O3. The van der Waals surface area contributed by atoms with Crippen LogP contribution in [0.15, 0.2) is 47.1 Å². The number of methoxy groups -OCH3 is 1. The summed E-state index contributed by atoms with van der Waals surface area (Å²) >= 11 is 0. The third kappa shape index (κ3) is 4.93. The van der Waals surface area contributed by atoms with Crippen LogP contribution in [-0.2, 0) is 6.54 Å². The number of hydrogen-bond donors (Lipinski definition) is 2. The Hall–Kier alpha value is -3.35. The molecule has 1 aromatic carbocycles. The van der Waals surface area contributed by atoms with E-state index in [1.54, 1.807) is 25.4 Å². The van der Waals surface area contributed by atoms with E-state index in [-0.39, 0.29) is 12.6 Å². The molecule has 0 saturated heterocycles. The predicted molar refractivity (Wildman–Crippen MR) is 112 cm³/mol. The van der Waals surface area contributed by atoms with Crippen molar-refractivity contribution in [3.05, 3.63) is 59.5 Å². The fourth-order valence-corrected chi connectivity index (χ4v) is 2.92. The highest BCUT2D eigenvalue weighted by Crippen LogP contribution is 2.27. The first kappa shape index (κ1) is 20.4. The highest BCUT2D eigenvalue weighted by Gasteiger charge is 2.13. The van der Waals surface area contributed by atoms with Crippen molar-refractivity contribution >= 4 is 11.7 Å². The van der Waals surface area contributed by atoms with E-state index in [2.05, 4.69) is 40.7 Å². The van der Waals surface area contributed by atoms with Gasteiger partial charge in [0, 0.05) is 18.0 Å². The molecule has 1 atom stereocenters. The zero-order valence-electron chi connectivity index (χ0n) is 17.2. The lowest BCUT2D eigenvalue weighted by molar-refractivity contribution is 0.250. The molecule has 29 heavy (non-hydrogen) atoms. The van der Waals surface area contributed by atoms with Crippen LogP contribution in [0.3, 0.4) is 0 Å². The summed E-state index contributed by atoms with van der Waals surface area (Å²) in [6, 6.07) is 11.3. The van der Waals surface area contributed by atoms with Gasteiger partial charge in [0.2, 0.25) is 5.88 Å². The molecular weight excluding hydrogens is 368 g/mol. The number of ether oxygens (including phenoxy) is 1. The van der Waals surface area contributed by atoms with Gasteiger partial charge in [0.25, 0.3) is 0 Å². The number of carbonyl (C=O) groups excluding carboxylic acids is 1. The van der Waals surface area contributed by atoms with Crippen LogP contribution in [0.5, 0.6) is 5.88 Å². The van der Waals surface area contributed by atoms with Crippen molar-refractivity contribution in [2.45, 2.75) is 39.7 Å². The van der Waals surface area contributed by atoms with Gasteiger partial charge >= 0.3 is 6.03 Å². The minimum absolute atomic E-state index is 0.214. The van der Waals surface area contributed by atoms with Crippen LogP contribution >= 0.6 is 0 Å². The van der Waals surface area contributed by atoms with Gasteiger partial charge in [-0.1, -0.05) is 31.1 Å². The Labute approximate surface area is 170 Å². The number of benzene rings is 1. The molecule has 2 heterocycles. The third-order valence-electron chi connectivity index (χ3n) is 4.91. The van der Waals surface area contributed by atoms with Gasteiger partial charge in [-0.25, -0.2) is 9.78 Å². The van der Waals surface area contributed by atoms with Crippen molar-refractivity contribution in [2.75, 3.05) is 12.4 Å². The Morgan fingerprint density at radius 2 is 2.10 bits per heavy atom. The maximum Gasteiger partial charge on any atom is 0.319 e. The van der Waals surface area contributed by atoms with Gasteiger partial charge in [-0.2, -0.15) is 0 Å². The van der Waals surface area contributed by atoms with Gasteiger partial charge < -0.3 is 19.9 Å². The van der Waals surface area contributed by atoms with E-state index in [0.717, 1.165) is 23.2 Å². The number of amides is 2. The van der Waals surface area contributed by atoms with Crippen LogP contribution in [0, 0.1) is 6.92 Å². The van der Waals surface area contributed by atoms with Gasteiger partial charge in [0.05, 0.1) is 19.2 Å². The Morgan fingerprint density at radius 3 is 2.86 bits per heavy atom. The summed E-state index contributed by atoms with van der Waals surface area (Å²) in [5, 5.41) is 9.76. The van der Waals surface area contributed by atoms with Crippen LogP contribution in [0.2, 0.25) is 0 Å². The molecule has 7 heteroatoms. The Morgan fingerprint density at radius 1 is 1.28 bits per heavy atom. The van der Waals surface area contributed by atoms with Crippen molar-refractivity contribution in [1.82, 2.24) is 15.5 Å². The van der Waals surface area contributed by atoms with Crippen LogP contribution in [-0.4, -0.2) is 23.3 Å². The van der Waals surface area contributed by atoms with Crippen molar-refractivity contribution in [1.29, 1.82) is 0 Å². The molecule has 2 amide bonds. The molecule has 152 valence electrons. The number of pyridine rings is 1. The molecule has 0 aliphatic carbocycles. The SMILES string of the molecule is CCC(C)c1ccc(C)c(NC(=O)NCc2cc(-c3cccnc3OC)no2)c1. The second-order valence-electron chi connectivity index (χ2n) is 6.93. The van der Waals surface area contributed by atoms with E-state index in [9.17, 15) is 4.79 Å². The summed E-state index contributed by atoms with van der Waals surface area (Å²) in [6.45, 7) is 6.51. The molecule has 3 rings (SSSR count). The minimum atomic E-state index is -0.300. The smallest absolute Gasteiger partial charge is 0.319 e. The topological polar surface area (TPSA) is 89.3 Å². The number of hydrogen-bond acceptors (Lipinski definition) is 5. The molecule has 0 radical (unpaired) electrons. The number of carbonyl (C=O) groups is 1. The van der Waals surface area contributed by atoms with Crippen molar-refractivity contribution in [2.24, 2.45) is 0 Å². The maximum absolute atomic E-state index is 12.4. The number of rotatable bonds is 7. The normalized spacial score (nSPS) is 11.7. The summed E-state index contributed by atoms with van der Waals surface area (Å²) in [4.78, 5) is 16.5. The second-order valence-corrected chi connectivity index (χ2v) is 6.93. The minimum Gasteiger partial charge on any atom is -0.481 e.